The molecule has 2 aliphatic rings. The molecule has 0 N–H and O–H groups in total. The molecule has 0 bridgehead atoms. The molecule has 0 aliphatic carbocycles. The van der Waals surface area contributed by atoms with Crippen molar-refractivity contribution in [3.05, 3.63) is 35.4 Å². The van der Waals surface area contributed by atoms with Gasteiger partial charge >= 0.3 is 0 Å². The quantitative estimate of drug-likeness (QED) is 0.791. The number of nitrogens with zero attached hydrogens (tertiary/aromatic N) is 2. The maximum absolute atomic E-state index is 12.7. The van der Waals surface area contributed by atoms with Crippen molar-refractivity contribution < 1.29 is 9.53 Å². The fraction of sp³-hybridized carbons (Fsp3) is 0.632. The lowest BCUT2D eigenvalue weighted by atomic mass is 10.1. The molecule has 1 aromatic rings. The van der Waals surface area contributed by atoms with Gasteiger partial charge in [0.15, 0.2) is 0 Å². The number of hydrogen-bond acceptors (Lipinski definition) is 4. The van der Waals surface area contributed by atoms with Crippen LogP contribution in [-0.4, -0.2) is 66.1 Å². The molecule has 1 aromatic carbocycles. The lowest BCUT2D eigenvalue weighted by Gasteiger charge is -2.26. The van der Waals surface area contributed by atoms with Crippen LogP contribution in [0.1, 0.15) is 35.7 Å². The molecule has 132 valence electrons. The van der Waals surface area contributed by atoms with E-state index < -0.39 is 0 Å². The van der Waals surface area contributed by atoms with Gasteiger partial charge in [-0.1, -0.05) is 12.1 Å². The van der Waals surface area contributed by atoms with Crippen molar-refractivity contribution in [2.24, 2.45) is 0 Å². The Kier molecular flexibility index (Phi) is 6.58. The normalized spacial score (nSPS) is 21.8. The van der Waals surface area contributed by atoms with Crippen LogP contribution in [-0.2, 0) is 11.3 Å². The molecule has 2 aliphatic heterocycles. The number of hydrogen-bond donors (Lipinski definition) is 0. The third-order valence-electron chi connectivity index (χ3n) is 4.83. The Bertz CT molecular complexity index is 523. The Morgan fingerprint density at radius 3 is 2.67 bits per heavy atom. The minimum atomic E-state index is 0.119. The SMILES string of the molecule is CCN(C[C@H]1CCCO1)C(=O)c1ccc(CN2CCSCC2)cc1. The first kappa shape index (κ1) is 17.8. The summed E-state index contributed by atoms with van der Waals surface area (Å²) in [7, 11) is 0. The van der Waals surface area contributed by atoms with Gasteiger partial charge in [0, 0.05) is 56.4 Å². The number of carbonyl (C=O) groups is 1. The molecule has 1 atom stereocenters. The Labute approximate surface area is 149 Å². The van der Waals surface area contributed by atoms with Gasteiger partial charge in [-0.3, -0.25) is 9.69 Å². The summed E-state index contributed by atoms with van der Waals surface area (Å²) in [6, 6.07) is 8.17. The molecule has 0 radical (unpaired) electrons. The van der Waals surface area contributed by atoms with Crippen molar-refractivity contribution in [1.82, 2.24) is 9.80 Å². The van der Waals surface area contributed by atoms with E-state index in [9.17, 15) is 4.79 Å². The maximum atomic E-state index is 12.7. The van der Waals surface area contributed by atoms with Gasteiger partial charge in [0.05, 0.1) is 6.10 Å². The van der Waals surface area contributed by atoms with Crippen molar-refractivity contribution in [1.29, 1.82) is 0 Å². The van der Waals surface area contributed by atoms with Gasteiger partial charge in [-0.25, -0.2) is 0 Å². The van der Waals surface area contributed by atoms with Crippen molar-refractivity contribution in [2.75, 3.05) is 44.3 Å². The third-order valence-corrected chi connectivity index (χ3v) is 5.77. The van der Waals surface area contributed by atoms with Gasteiger partial charge in [0.25, 0.3) is 5.91 Å². The van der Waals surface area contributed by atoms with E-state index in [1.165, 1.54) is 17.1 Å². The predicted molar refractivity (Wildman–Crippen MR) is 99.6 cm³/mol. The first-order valence-corrected chi connectivity index (χ1v) is 10.2. The summed E-state index contributed by atoms with van der Waals surface area (Å²) in [6.07, 6.45) is 2.39. The molecule has 0 unspecified atom stereocenters. The first-order valence-electron chi connectivity index (χ1n) is 9.06. The van der Waals surface area contributed by atoms with E-state index >= 15 is 0 Å². The average Bonchev–Trinajstić information content (AvgIpc) is 3.14. The van der Waals surface area contributed by atoms with Gasteiger partial charge in [-0.05, 0) is 37.5 Å². The minimum absolute atomic E-state index is 0.119. The van der Waals surface area contributed by atoms with Crippen LogP contribution in [0.4, 0.5) is 0 Å². The summed E-state index contributed by atoms with van der Waals surface area (Å²) in [5, 5.41) is 0. The number of benzene rings is 1. The molecule has 2 fully saturated rings. The molecule has 1 amide bonds. The van der Waals surface area contributed by atoms with Gasteiger partial charge < -0.3 is 9.64 Å². The molecule has 4 nitrogen and oxygen atoms in total. The Morgan fingerprint density at radius 2 is 2.04 bits per heavy atom. The Hall–Kier alpha value is -1.04. The van der Waals surface area contributed by atoms with Crippen molar-refractivity contribution >= 4 is 17.7 Å². The second kappa shape index (κ2) is 8.88. The number of likely N-dealkylation sites (N-methyl/N-ethyl adjacent to an activating group) is 1. The average molecular weight is 349 g/mol. The molecule has 3 rings (SSSR count). The second-order valence-electron chi connectivity index (χ2n) is 6.56. The summed E-state index contributed by atoms with van der Waals surface area (Å²) in [5.74, 6) is 2.57. The van der Waals surface area contributed by atoms with Crippen molar-refractivity contribution in [2.45, 2.75) is 32.4 Å². The summed E-state index contributed by atoms with van der Waals surface area (Å²) >= 11 is 2.03. The molecule has 24 heavy (non-hydrogen) atoms. The number of thioether (sulfide) groups is 1. The molecule has 2 heterocycles. The van der Waals surface area contributed by atoms with Crippen LogP contribution < -0.4 is 0 Å². The number of rotatable bonds is 6. The highest BCUT2D eigenvalue weighted by molar-refractivity contribution is 7.99. The maximum Gasteiger partial charge on any atom is 0.253 e. The molecule has 5 heteroatoms. The number of carbonyl (C=O) groups excluding carboxylic acids is 1. The van der Waals surface area contributed by atoms with Crippen LogP contribution >= 0.6 is 11.8 Å². The zero-order chi connectivity index (χ0) is 16.8. The van der Waals surface area contributed by atoms with Crippen LogP contribution in [0.5, 0.6) is 0 Å². The minimum Gasteiger partial charge on any atom is -0.376 e. The standard InChI is InChI=1S/C19H28N2O2S/c1-2-21(15-18-4-3-11-23-18)19(22)17-7-5-16(6-8-17)14-20-9-12-24-13-10-20/h5-8,18H,2-4,9-15H2,1H3/t18-/m1/s1. The van der Waals surface area contributed by atoms with E-state index in [0.717, 1.165) is 51.2 Å². The van der Waals surface area contributed by atoms with E-state index in [1.54, 1.807) is 0 Å². The van der Waals surface area contributed by atoms with E-state index in [1.807, 2.05) is 35.7 Å². The van der Waals surface area contributed by atoms with Crippen LogP contribution in [0.25, 0.3) is 0 Å². The highest BCUT2D eigenvalue weighted by Gasteiger charge is 2.22. The van der Waals surface area contributed by atoms with E-state index in [0.29, 0.717) is 6.54 Å². The van der Waals surface area contributed by atoms with Crippen molar-refractivity contribution in [3.8, 4) is 0 Å². The highest BCUT2D eigenvalue weighted by atomic mass is 32.2. The first-order chi connectivity index (χ1) is 11.8. The topological polar surface area (TPSA) is 32.8 Å². The van der Waals surface area contributed by atoms with Gasteiger partial charge in [0.2, 0.25) is 0 Å². The summed E-state index contributed by atoms with van der Waals surface area (Å²) in [5.41, 5.74) is 2.08. The smallest absolute Gasteiger partial charge is 0.253 e. The summed E-state index contributed by atoms with van der Waals surface area (Å²) in [6.45, 7) is 7.62. The lowest BCUT2D eigenvalue weighted by molar-refractivity contribution is 0.0539. The lowest BCUT2D eigenvalue weighted by Crippen LogP contribution is -2.37. The van der Waals surface area contributed by atoms with Gasteiger partial charge in [-0.2, -0.15) is 11.8 Å². The Morgan fingerprint density at radius 1 is 1.29 bits per heavy atom. The van der Waals surface area contributed by atoms with Crippen LogP contribution in [0.3, 0.4) is 0 Å². The zero-order valence-electron chi connectivity index (χ0n) is 14.6. The van der Waals surface area contributed by atoms with Gasteiger partial charge in [0.1, 0.15) is 0 Å². The largest absolute Gasteiger partial charge is 0.376 e. The fourth-order valence-corrected chi connectivity index (χ4v) is 4.32. The van der Waals surface area contributed by atoms with Crippen LogP contribution in [0, 0.1) is 0 Å². The zero-order valence-corrected chi connectivity index (χ0v) is 15.4. The predicted octanol–water partition coefficient (Wildman–Crippen LogP) is 2.88. The monoisotopic (exact) mass is 348 g/mol. The molecular formula is C19H28N2O2S. The van der Waals surface area contributed by atoms with Gasteiger partial charge in [-0.15, -0.1) is 0 Å². The fourth-order valence-electron chi connectivity index (χ4n) is 3.34. The van der Waals surface area contributed by atoms with E-state index in [-0.39, 0.29) is 12.0 Å². The molecule has 0 saturated carbocycles. The van der Waals surface area contributed by atoms with E-state index in [2.05, 4.69) is 17.0 Å². The molecule has 0 spiro atoms. The second-order valence-corrected chi connectivity index (χ2v) is 7.79. The highest BCUT2D eigenvalue weighted by Crippen LogP contribution is 2.17. The summed E-state index contributed by atoms with van der Waals surface area (Å²) in [4.78, 5) is 17.1. The Balaban J connectivity index is 1.57. The molecular weight excluding hydrogens is 320 g/mol. The summed E-state index contributed by atoms with van der Waals surface area (Å²) < 4.78 is 5.67. The third kappa shape index (κ3) is 4.74. The number of ether oxygens (including phenoxy) is 1. The number of amides is 1. The van der Waals surface area contributed by atoms with Crippen LogP contribution in [0.15, 0.2) is 24.3 Å². The van der Waals surface area contributed by atoms with E-state index in [4.69, 9.17) is 4.74 Å². The van der Waals surface area contributed by atoms with Crippen LogP contribution in [0.2, 0.25) is 0 Å². The molecule has 0 aromatic heterocycles. The molecule has 2 saturated heterocycles. The van der Waals surface area contributed by atoms with Crippen molar-refractivity contribution in [3.63, 3.8) is 0 Å².